The summed E-state index contributed by atoms with van der Waals surface area (Å²) in [7, 11) is 4.15. The molecule has 0 spiro atoms. The quantitative estimate of drug-likeness (QED) is 0.675. The van der Waals surface area contributed by atoms with Crippen LogP contribution in [0.1, 0.15) is 5.56 Å². The maximum absolute atomic E-state index is 5.91. The molecular formula is C18H22N6. The minimum atomic E-state index is 0.406. The number of hydrogen-bond acceptors (Lipinski definition) is 6. The lowest BCUT2D eigenvalue weighted by Gasteiger charge is -2.11. The Labute approximate surface area is 141 Å². The highest BCUT2D eigenvalue weighted by atomic mass is 15.1. The highest BCUT2D eigenvalue weighted by Gasteiger charge is 2.06. The van der Waals surface area contributed by atoms with Crippen molar-refractivity contribution in [2.75, 3.05) is 32.9 Å². The van der Waals surface area contributed by atoms with Gasteiger partial charge in [0.15, 0.2) is 5.82 Å². The molecular weight excluding hydrogens is 300 g/mol. The van der Waals surface area contributed by atoms with E-state index in [-0.39, 0.29) is 0 Å². The molecule has 0 saturated heterocycles. The molecule has 124 valence electrons. The lowest BCUT2D eigenvalue weighted by molar-refractivity contribution is 0.400. The first-order valence-corrected chi connectivity index (χ1v) is 7.95. The zero-order valence-corrected chi connectivity index (χ0v) is 14.0. The van der Waals surface area contributed by atoms with Gasteiger partial charge in [-0.25, -0.2) is 15.0 Å². The second-order valence-electron chi connectivity index (χ2n) is 6.00. The van der Waals surface area contributed by atoms with Crippen molar-refractivity contribution in [3.05, 3.63) is 48.3 Å². The monoisotopic (exact) mass is 322 g/mol. The van der Waals surface area contributed by atoms with E-state index >= 15 is 0 Å². The summed E-state index contributed by atoms with van der Waals surface area (Å²) in [5.74, 6) is 0.406. The van der Waals surface area contributed by atoms with Gasteiger partial charge in [-0.2, -0.15) is 0 Å². The van der Waals surface area contributed by atoms with Gasteiger partial charge in [0.1, 0.15) is 11.8 Å². The number of nitrogens with two attached hydrogens (primary N) is 1. The predicted molar refractivity (Wildman–Crippen MR) is 97.4 cm³/mol. The van der Waals surface area contributed by atoms with Crippen LogP contribution >= 0.6 is 0 Å². The van der Waals surface area contributed by atoms with Crippen LogP contribution in [0.2, 0.25) is 0 Å². The van der Waals surface area contributed by atoms with Gasteiger partial charge < -0.3 is 16.0 Å². The van der Waals surface area contributed by atoms with Crippen LogP contribution in [0.5, 0.6) is 0 Å². The van der Waals surface area contributed by atoms with Crippen molar-refractivity contribution in [1.29, 1.82) is 0 Å². The van der Waals surface area contributed by atoms with Crippen LogP contribution < -0.4 is 11.1 Å². The minimum absolute atomic E-state index is 0.406. The van der Waals surface area contributed by atoms with E-state index in [1.165, 1.54) is 11.9 Å². The van der Waals surface area contributed by atoms with Crippen LogP contribution in [-0.4, -0.2) is 47.0 Å². The van der Waals surface area contributed by atoms with Crippen molar-refractivity contribution in [2.45, 2.75) is 6.54 Å². The molecule has 6 heteroatoms. The SMILES string of the molecule is CN(C)CCNCc1cccc(-c2ccc3ncnc(N)c3n2)c1. The van der Waals surface area contributed by atoms with Crippen molar-refractivity contribution in [3.8, 4) is 11.3 Å². The Morgan fingerprint density at radius 3 is 2.83 bits per heavy atom. The highest BCUT2D eigenvalue weighted by Crippen LogP contribution is 2.22. The molecule has 0 unspecified atom stereocenters. The molecule has 0 aliphatic carbocycles. The van der Waals surface area contributed by atoms with Gasteiger partial charge in [0.25, 0.3) is 0 Å². The molecule has 3 N–H and O–H groups in total. The molecule has 0 aliphatic rings. The summed E-state index contributed by atoms with van der Waals surface area (Å²) in [6, 6.07) is 12.3. The zero-order valence-electron chi connectivity index (χ0n) is 14.0. The second kappa shape index (κ2) is 7.33. The lowest BCUT2D eigenvalue weighted by Crippen LogP contribution is -2.26. The smallest absolute Gasteiger partial charge is 0.153 e. The van der Waals surface area contributed by atoms with E-state index in [0.29, 0.717) is 11.3 Å². The Bertz CT molecular complexity index is 831. The molecule has 6 nitrogen and oxygen atoms in total. The molecule has 3 aromatic rings. The number of aromatic nitrogens is 3. The van der Waals surface area contributed by atoms with Crippen molar-refractivity contribution in [2.24, 2.45) is 0 Å². The number of nitrogens with zero attached hydrogens (tertiary/aromatic N) is 4. The van der Waals surface area contributed by atoms with Gasteiger partial charge >= 0.3 is 0 Å². The number of rotatable bonds is 6. The Hall–Kier alpha value is -2.57. The lowest BCUT2D eigenvalue weighted by atomic mass is 10.1. The first-order chi connectivity index (χ1) is 11.6. The molecule has 0 saturated carbocycles. The number of hydrogen-bond donors (Lipinski definition) is 2. The molecule has 2 aromatic heterocycles. The number of likely N-dealkylation sites (N-methyl/N-ethyl adjacent to an activating group) is 1. The Morgan fingerprint density at radius 1 is 1.12 bits per heavy atom. The van der Waals surface area contributed by atoms with Crippen molar-refractivity contribution >= 4 is 16.9 Å². The molecule has 0 radical (unpaired) electrons. The molecule has 0 aliphatic heterocycles. The number of nitrogen functional groups attached to an aromatic ring is 1. The summed E-state index contributed by atoms with van der Waals surface area (Å²) in [4.78, 5) is 15.0. The van der Waals surface area contributed by atoms with Gasteiger partial charge in [-0.3, -0.25) is 0 Å². The summed E-state index contributed by atoms with van der Waals surface area (Å²) in [6.45, 7) is 2.81. The minimum Gasteiger partial charge on any atom is -0.382 e. The molecule has 0 bridgehead atoms. The summed E-state index contributed by atoms with van der Waals surface area (Å²) in [5.41, 5.74) is 10.5. The van der Waals surface area contributed by atoms with Crippen molar-refractivity contribution in [3.63, 3.8) is 0 Å². The number of pyridine rings is 1. The molecule has 2 heterocycles. The van der Waals surface area contributed by atoms with Crippen molar-refractivity contribution < 1.29 is 0 Å². The van der Waals surface area contributed by atoms with Gasteiger partial charge in [-0.05, 0) is 37.9 Å². The van der Waals surface area contributed by atoms with Crippen LogP contribution in [-0.2, 0) is 6.54 Å². The molecule has 0 fully saturated rings. The predicted octanol–water partition coefficient (Wildman–Crippen LogP) is 1.93. The van der Waals surface area contributed by atoms with Gasteiger partial charge in [0.05, 0.1) is 11.2 Å². The van der Waals surface area contributed by atoms with E-state index in [2.05, 4.69) is 63.5 Å². The van der Waals surface area contributed by atoms with E-state index in [1.807, 2.05) is 12.1 Å². The summed E-state index contributed by atoms with van der Waals surface area (Å²) in [6.07, 6.45) is 1.46. The fourth-order valence-electron chi connectivity index (χ4n) is 2.50. The maximum atomic E-state index is 5.91. The summed E-state index contributed by atoms with van der Waals surface area (Å²) >= 11 is 0. The van der Waals surface area contributed by atoms with Crippen LogP contribution in [0.3, 0.4) is 0 Å². The summed E-state index contributed by atoms with van der Waals surface area (Å²) in [5, 5.41) is 3.45. The fraction of sp³-hybridized carbons (Fsp3) is 0.278. The average molecular weight is 322 g/mol. The zero-order chi connectivity index (χ0) is 16.9. The fourth-order valence-corrected chi connectivity index (χ4v) is 2.50. The largest absolute Gasteiger partial charge is 0.382 e. The number of fused-ring (bicyclic) bond motifs is 1. The molecule has 24 heavy (non-hydrogen) atoms. The molecule has 0 amide bonds. The molecule has 0 atom stereocenters. The summed E-state index contributed by atoms with van der Waals surface area (Å²) < 4.78 is 0. The Morgan fingerprint density at radius 2 is 2.00 bits per heavy atom. The third kappa shape index (κ3) is 3.84. The van der Waals surface area contributed by atoms with E-state index in [1.54, 1.807) is 0 Å². The van der Waals surface area contributed by atoms with Crippen LogP contribution in [0.15, 0.2) is 42.7 Å². The van der Waals surface area contributed by atoms with Gasteiger partial charge in [0.2, 0.25) is 0 Å². The van der Waals surface area contributed by atoms with Crippen LogP contribution in [0.25, 0.3) is 22.3 Å². The number of nitrogens with one attached hydrogen (secondary N) is 1. The topological polar surface area (TPSA) is 80.0 Å². The first kappa shape index (κ1) is 16.3. The Kier molecular flexibility index (Phi) is 4.98. The third-order valence-corrected chi connectivity index (χ3v) is 3.80. The Balaban J connectivity index is 1.79. The first-order valence-electron chi connectivity index (χ1n) is 7.95. The van der Waals surface area contributed by atoms with E-state index in [0.717, 1.165) is 36.4 Å². The van der Waals surface area contributed by atoms with Crippen molar-refractivity contribution in [1.82, 2.24) is 25.2 Å². The molecule has 1 aromatic carbocycles. The number of anilines is 1. The van der Waals surface area contributed by atoms with E-state index in [9.17, 15) is 0 Å². The van der Waals surface area contributed by atoms with E-state index in [4.69, 9.17) is 5.73 Å². The third-order valence-electron chi connectivity index (χ3n) is 3.80. The maximum Gasteiger partial charge on any atom is 0.153 e. The number of benzene rings is 1. The normalized spacial score (nSPS) is 11.3. The standard InChI is InChI=1S/C18H22N6/c1-24(2)9-8-20-11-13-4-3-5-14(10-13)15-6-7-16-17(23-15)18(19)22-12-21-16/h3-7,10,12,20H,8-9,11H2,1-2H3,(H2,19,21,22). The van der Waals surface area contributed by atoms with Crippen LogP contribution in [0, 0.1) is 0 Å². The van der Waals surface area contributed by atoms with Gasteiger partial charge in [0, 0.05) is 25.2 Å². The van der Waals surface area contributed by atoms with E-state index < -0.39 is 0 Å². The molecule has 3 rings (SSSR count). The second-order valence-corrected chi connectivity index (χ2v) is 6.00. The highest BCUT2D eigenvalue weighted by molar-refractivity contribution is 5.85. The van der Waals surface area contributed by atoms with Gasteiger partial charge in [-0.1, -0.05) is 18.2 Å². The van der Waals surface area contributed by atoms with Crippen LogP contribution in [0.4, 0.5) is 5.82 Å². The average Bonchev–Trinajstić information content (AvgIpc) is 2.59. The van der Waals surface area contributed by atoms with Gasteiger partial charge in [-0.15, -0.1) is 0 Å².